The predicted molar refractivity (Wildman–Crippen MR) is 150 cm³/mol. The molecular weight excluding hydrogens is 448 g/mol. The zero-order chi connectivity index (χ0) is 24.6. The van der Waals surface area contributed by atoms with Crippen molar-refractivity contribution in [1.82, 2.24) is 4.57 Å². The molecule has 0 unspecified atom stereocenters. The highest BCUT2D eigenvalue weighted by Crippen LogP contribution is 2.23. The van der Waals surface area contributed by atoms with Crippen molar-refractivity contribution in [2.75, 3.05) is 0 Å². The van der Waals surface area contributed by atoms with Crippen LogP contribution in [0.2, 0.25) is 0 Å². The molecule has 0 atom stereocenters. The van der Waals surface area contributed by atoms with Gasteiger partial charge in [-0.3, -0.25) is 0 Å². The Bertz CT molecular complexity index is 1440. The van der Waals surface area contributed by atoms with Crippen molar-refractivity contribution in [2.45, 2.75) is 51.4 Å². The topological polar surface area (TPSA) is 8.81 Å². The molecule has 8 bridgehead atoms. The molecule has 2 heteroatoms. The number of hydrogen-bond donors (Lipinski definition) is 0. The maximum atomic E-state index is 2.42. The molecule has 13 rings (SSSR count). The zero-order valence-electron chi connectivity index (χ0n) is 21.4. The molecule has 0 aliphatic heterocycles. The average Bonchev–Trinajstić information content (AvgIpc) is 3.42. The van der Waals surface area contributed by atoms with Gasteiger partial charge in [0.05, 0.1) is 0 Å². The van der Waals surface area contributed by atoms with Crippen molar-refractivity contribution in [3.8, 4) is 11.4 Å². The number of aromatic nitrogens is 2. The number of aryl methyl sites for hydroxylation is 8. The van der Waals surface area contributed by atoms with E-state index in [2.05, 4.69) is 113 Å². The molecule has 0 N–H and O–H groups in total. The number of hydrogen-bond acceptors (Lipinski definition) is 0. The molecule has 4 aromatic carbocycles. The summed E-state index contributed by atoms with van der Waals surface area (Å²) < 4.78 is 4.67. The monoisotopic (exact) mass is 481 g/mol. The van der Waals surface area contributed by atoms with Gasteiger partial charge in [-0.1, -0.05) is 72.8 Å². The second-order valence-corrected chi connectivity index (χ2v) is 10.8. The van der Waals surface area contributed by atoms with Gasteiger partial charge in [-0.25, -0.2) is 9.13 Å². The number of imidazole rings is 1. The molecular formula is C35H33N2+. The van der Waals surface area contributed by atoms with Gasteiger partial charge < -0.3 is 0 Å². The van der Waals surface area contributed by atoms with Crippen LogP contribution < -0.4 is 4.57 Å². The number of rotatable bonds is 2. The van der Waals surface area contributed by atoms with Gasteiger partial charge in [0.25, 0.3) is 6.33 Å². The summed E-state index contributed by atoms with van der Waals surface area (Å²) in [4.78, 5) is 0. The minimum atomic E-state index is 1.05. The molecule has 8 aliphatic carbocycles. The average molecular weight is 482 g/mol. The van der Waals surface area contributed by atoms with Crippen molar-refractivity contribution >= 4 is 0 Å². The van der Waals surface area contributed by atoms with Crippen LogP contribution in [0, 0.1) is 0 Å². The van der Waals surface area contributed by atoms with Gasteiger partial charge in [0.1, 0.15) is 23.8 Å². The first-order chi connectivity index (χ1) is 18.3. The summed E-state index contributed by atoms with van der Waals surface area (Å²) in [6.45, 7) is 0. The first-order valence-electron chi connectivity index (χ1n) is 13.8. The Morgan fingerprint density at radius 3 is 1.54 bits per heavy atom. The van der Waals surface area contributed by atoms with E-state index < -0.39 is 0 Å². The van der Waals surface area contributed by atoms with E-state index >= 15 is 0 Å². The van der Waals surface area contributed by atoms with E-state index in [1.54, 1.807) is 0 Å². The molecule has 0 saturated carbocycles. The predicted octanol–water partition coefficient (Wildman–Crippen LogP) is 6.52. The third-order valence-corrected chi connectivity index (χ3v) is 8.31. The molecule has 0 fully saturated rings. The molecule has 0 saturated heterocycles. The van der Waals surface area contributed by atoms with Gasteiger partial charge in [-0.15, -0.1) is 0 Å². The Labute approximate surface area is 219 Å². The summed E-state index contributed by atoms with van der Waals surface area (Å²) >= 11 is 0. The van der Waals surface area contributed by atoms with Crippen LogP contribution >= 0.6 is 0 Å². The fourth-order valence-corrected chi connectivity index (χ4v) is 5.95. The van der Waals surface area contributed by atoms with E-state index in [9.17, 15) is 0 Å². The van der Waals surface area contributed by atoms with Crippen molar-refractivity contribution in [3.05, 3.63) is 148 Å². The van der Waals surface area contributed by atoms with Crippen LogP contribution in [0.15, 0.2) is 104 Å². The molecule has 1 heterocycles. The van der Waals surface area contributed by atoms with Crippen LogP contribution in [0.1, 0.15) is 44.5 Å². The fraction of sp³-hybridized carbons (Fsp3) is 0.229. The molecule has 1 aromatic heterocycles. The maximum Gasteiger partial charge on any atom is 0.254 e. The van der Waals surface area contributed by atoms with E-state index in [1.807, 2.05) is 0 Å². The lowest BCUT2D eigenvalue weighted by atomic mass is 9.95. The Morgan fingerprint density at radius 1 is 0.459 bits per heavy atom. The normalized spacial score (nSPS) is 14.7. The van der Waals surface area contributed by atoms with Crippen molar-refractivity contribution in [2.24, 2.45) is 0 Å². The third-order valence-electron chi connectivity index (χ3n) is 8.31. The van der Waals surface area contributed by atoms with Gasteiger partial charge in [0.15, 0.2) is 0 Å². The Kier molecular flexibility index (Phi) is 5.74. The highest BCUT2D eigenvalue weighted by atomic mass is 15.1. The van der Waals surface area contributed by atoms with Crippen LogP contribution in [0.4, 0.5) is 0 Å². The van der Waals surface area contributed by atoms with Gasteiger partial charge in [0.2, 0.25) is 0 Å². The van der Waals surface area contributed by atoms with E-state index in [4.69, 9.17) is 0 Å². The maximum absolute atomic E-state index is 2.42. The summed E-state index contributed by atoms with van der Waals surface area (Å²) in [6, 6.07) is 32.7. The summed E-state index contributed by atoms with van der Waals surface area (Å²) in [6.07, 6.45) is 15.3. The van der Waals surface area contributed by atoms with Gasteiger partial charge in [-0.05, 0) is 108 Å². The molecule has 2 nitrogen and oxygen atoms in total. The van der Waals surface area contributed by atoms with E-state index in [0.717, 1.165) is 51.4 Å². The third kappa shape index (κ3) is 4.64. The van der Waals surface area contributed by atoms with Gasteiger partial charge in [0, 0.05) is 0 Å². The molecule has 182 valence electrons. The summed E-state index contributed by atoms with van der Waals surface area (Å²) in [7, 11) is 0. The van der Waals surface area contributed by atoms with Crippen LogP contribution in [0.5, 0.6) is 0 Å². The first kappa shape index (κ1) is 22.3. The van der Waals surface area contributed by atoms with E-state index in [1.165, 1.54) is 55.9 Å². The van der Waals surface area contributed by atoms with Gasteiger partial charge in [-0.2, -0.15) is 0 Å². The molecule has 37 heavy (non-hydrogen) atoms. The molecule has 0 radical (unpaired) electrons. The highest BCUT2D eigenvalue weighted by Gasteiger charge is 2.18. The van der Waals surface area contributed by atoms with E-state index in [0.29, 0.717) is 0 Å². The Hall–Kier alpha value is -3.91. The lowest BCUT2D eigenvalue weighted by Gasteiger charge is -2.13. The molecule has 5 aromatic rings. The first-order valence-corrected chi connectivity index (χ1v) is 13.8. The van der Waals surface area contributed by atoms with Crippen LogP contribution in [-0.2, 0) is 51.4 Å². The Morgan fingerprint density at radius 2 is 0.919 bits per heavy atom. The number of benzene rings is 4. The van der Waals surface area contributed by atoms with Crippen molar-refractivity contribution in [1.29, 1.82) is 0 Å². The van der Waals surface area contributed by atoms with Crippen LogP contribution in [0.3, 0.4) is 0 Å². The van der Waals surface area contributed by atoms with E-state index in [-0.39, 0.29) is 0 Å². The quantitative estimate of drug-likeness (QED) is 0.254. The largest absolute Gasteiger partial charge is 0.254 e. The molecule has 8 aliphatic rings. The molecule has 0 spiro atoms. The fourth-order valence-electron chi connectivity index (χ4n) is 5.95. The zero-order valence-corrected chi connectivity index (χ0v) is 21.4. The van der Waals surface area contributed by atoms with Gasteiger partial charge >= 0.3 is 0 Å². The molecule has 0 amide bonds. The van der Waals surface area contributed by atoms with Crippen LogP contribution in [0.25, 0.3) is 11.4 Å². The second-order valence-electron chi connectivity index (χ2n) is 10.8. The lowest BCUT2D eigenvalue weighted by molar-refractivity contribution is -0.595. The standard InChI is InChI=1S/C35H33N2/c1-5-28-6-2-26(1)9-11-30-15-19-32(17-13-28)34(23-30)36-21-22-37(25-36)35-24-31-12-10-27-3-7-29(8-4-27)14-18-33(35)20-16-31/h1-8,15-16,19-25H,9-14,17-18H2/q+1. The Balaban J connectivity index is 1.24. The number of nitrogens with zero attached hydrogens (tertiary/aromatic N) is 2. The summed E-state index contributed by atoms with van der Waals surface area (Å²) in [5.41, 5.74) is 14.0. The smallest absolute Gasteiger partial charge is 0.202 e. The SMILES string of the molecule is c1cc2ccc1CCc1ccc(c(-n3cc[n+](-c4cc5ccc4CCc4ccc(cc4)CC5)c3)c1)CC2. The van der Waals surface area contributed by atoms with Crippen LogP contribution in [-0.4, -0.2) is 4.57 Å². The second kappa shape index (κ2) is 9.52. The van der Waals surface area contributed by atoms with Crippen molar-refractivity contribution < 1.29 is 4.57 Å². The van der Waals surface area contributed by atoms with Crippen molar-refractivity contribution in [3.63, 3.8) is 0 Å². The highest BCUT2D eigenvalue weighted by molar-refractivity contribution is 5.46. The lowest BCUT2D eigenvalue weighted by Crippen LogP contribution is -2.30. The summed E-state index contributed by atoms with van der Waals surface area (Å²) in [5.74, 6) is 0. The minimum Gasteiger partial charge on any atom is -0.202 e. The minimum absolute atomic E-state index is 1.05. The summed E-state index contributed by atoms with van der Waals surface area (Å²) in [5, 5.41) is 0.